The first-order valence-electron chi connectivity index (χ1n) is 9.83. The second kappa shape index (κ2) is 11.5. The van der Waals surface area contributed by atoms with Gasteiger partial charge in [-0.3, -0.25) is 4.99 Å². The molecule has 0 saturated carbocycles. The Hall–Kier alpha value is -3.14. The topological polar surface area (TPSA) is 130 Å². The summed E-state index contributed by atoms with van der Waals surface area (Å²) >= 11 is 0. The molecule has 0 saturated heterocycles. The molecule has 0 aliphatic heterocycles. The van der Waals surface area contributed by atoms with Crippen molar-refractivity contribution in [3.05, 3.63) is 58.7 Å². The molecule has 0 bridgehead atoms. The summed E-state index contributed by atoms with van der Waals surface area (Å²) < 4.78 is 20.2. The van der Waals surface area contributed by atoms with Crippen molar-refractivity contribution in [1.29, 1.82) is 5.26 Å². The van der Waals surface area contributed by atoms with Crippen LogP contribution in [0.25, 0.3) is 5.69 Å². The van der Waals surface area contributed by atoms with E-state index in [1.807, 2.05) is 13.8 Å². The van der Waals surface area contributed by atoms with E-state index < -0.39 is 0 Å². The summed E-state index contributed by atoms with van der Waals surface area (Å²) in [6.45, 7) is 4.80. The summed E-state index contributed by atoms with van der Waals surface area (Å²) in [5, 5.41) is 20.3. The minimum atomic E-state index is -0.351. The van der Waals surface area contributed by atoms with E-state index in [0.717, 1.165) is 11.5 Å². The molecule has 9 nitrogen and oxygen atoms in total. The molecule has 2 heterocycles. The maximum atomic E-state index is 13.2. The van der Waals surface area contributed by atoms with E-state index in [0.29, 0.717) is 54.7 Å². The van der Waals surface area contributed by atoms with E-state index in [9.17, 15) is 9.65 Å². The van der Waals surface area contributed by atoms with Crippen LogP contribution in [0.1, 0.15) is 35.0 Å². The summed E-state index contributed by atoms with van der Waals surface area (Å²) in [6, 6.07) is 7.90. The SMILES string of the molecule is CN=C(NCCCc1nn(-c2ccc(F)cc2)c(N)c1C#N)NCc1nc(C)c(C)o1.I. The van der Waals surface area contributed by atoms with Crippen molar-refractivity contribution >= 4 is 35.8 Å². The molecule has 0 fully saturated rings. The average molecular weight is 552 g/mol. The fraction of sp³-hybridized carbons (Fsp3) is 0.333. The Morgan fingerprint density at radius 3 is 2.59 bits per heavy atom. The molecular weight excluding hydrogens is 526 g/mol. The molecule has 0 atom stereocenters. The van der Waals surface area contributed by atoms with Gasteiger partial charge in [-0.2, -0.15) is 10.4 Å². The van der Waals surface area contributed by atoms with Gasteiger partial charge in [0.15, 0.2) is 5.96 Å². The number of nitriles is 1. The number of nitrogen functional groups attached to an aromatic ring is 1. The molecule has 4 N–H and O–H groups in total. The maximum absolute atomic E-state index is 13.2. The van der Waals surface area contributed by atoms with E-state index in [-0.39, 0.29) is 35.6 Å². The zero-order valence-electron chi connectivity index (χ0n) is 18.1. The molecule has 1 aromatic carbocycles. The Kier molecular flexibility index (Phi) is 9.01. The zero-order chi connectivity index (χ0) is 22.4. The predicted molar refractivity (Wildman–Crippen MR) is 131 cm³/mol. The minimum absolute atomic E-state index is 0. The number of aliphatic imine (C=N–C) groups is 1. The average Bonchev–Trinajstić information content (AvgIpc) is 3.25. The van der Waals surface area contributed by atoms with Crippen LogP contribution in [0.5, 0.6) is 0 Å². The number of benzene rings is 1. The molecule has 170 valence electrons. The molecule has 0 aliphatic carbocycles. The molecule has 3 aromatic rings. The van der Waals surface area contributed by atoms with Gasteiger partial charge in [0.2, 0.25) is 5.89 Å². The van der Waals surface area contributed by atoms with Gasteiger partial charge in [-0.1, -0.05) is 0 Å². The number of hydrogen-bond donors (Lipinski definition) is 3. The van der Waals surface area contributed by atoms with Gasteiger partial charge >= 0.3 is 0 Å². The number of nitrogens with zero attached hydrogens (tertiary/aromatic N) is 5. The lowest BCUT2D eigenvalue weighted by Crippen LogP contribution is -2.37. The van der Waals surface area contributed by atoms with E-state index in [1.165, 1.54) is 16.8 Å². The molecule has 3 rings (SSSR count). The largest absolute Gasteiger partial charge is 0.444 e. The quantitative estimate of drug-likeness (QED) is 0.178. The van der Waals surface area contributed by atoms with Crippen molar-refractivity contribution in [1.82, 2.24) is 25.4 Å². The Morgan fingerprint density at radius 2 is 2.00 bits per heavy atom. The lowest BCUT2D eigenvalue weighted by Gasteiger charge is -2.10. The third kappa shape index (κ3) is 5.97. The summed E-state index contributed by atoms with van der Waals surface area (Å²) in [7, 11) is 1.68. The summed E-state index contributed by atoms with van der Waals surface area (Å²) in [4.78, 5) is 8.50. The van der Waals surface area contributed by atoms with Crippen molar-refractivity contribution in [3.63, 3.8) is 0 Å². The first-order chi connectivity index (χ1) is 14.9. The zero-order valence-corrected chi connectivity index (χ0v) is 20.5. The second-order valence-electron chi connectivity index (χ2n) is 6.91. The van der Waals surface area contributed by atoms with Crippen molar-refractivity contribution in [2.24, 2.45) is 4.99 Å². The van der Waals surface area contributed by atoms with Crippen LogP contribution in [-0.4, -0.2) is 34.3 Å². The number of nitrogens with one attached hydrogen (secondary N) is 2. The van der Waals surface area contributed by atoms with Gasteiger partial charge in [0.25, 0.3) is 0 Å². The molecule has 0 aliphatic rings. The first-order valence-corrected chi connectivity index (χ1v) is 9.83. The van der Waals surface area contributed by atoms with Crippen molar-refractivity contribution in [3.8, 4) is 11.8 Å². The second-order valence-corrected chi connectivity index (χ2v) is 6.91. The monoisotopic (exact) mass is 552 g/mol. The predicted octanol–water partition coefficient (Wildman–Crippen LogP) is 2.99. The fourth-order valence-electron chi connectivity index (χ4n) is 3.01. The molecule has 0 radical (unpaired) electrons. The first kappa shape index (κ1) is 25.1. The van der Waals surface area contributed by atoms with Crippen molar-refractivity contribution in [2.75, 3.05) is 19.3 Å². The van der Waals surface area contributed by atoms with Gasteiger partial charge in [-0.15, -0.1) is 24.0 Å². The number of aryl methyl sites for hydroxylation is 3. The Morgan fingerprint density at radius 1 is 1.28 bits per heavy atom. The van der Waals surface area contributed by atoms with Gasteiger partial charge in [-0.05, 0) is 51.0 Å². The summed E-state index contributed by atoms with van der Waals surface area (Å²) in [6.07, 6.45) is 1.25. The normalized spacial score (nSPS) is 11.0. The number of rotatable bonds is 7. The highest BCUT2D eigenvalue weighted by atomic mass is 127. The standard InChI is InChI=1S/C21H25FN8O.HI/c1-13-14(2)31-19(28-13)12-27-21(25-3)26-10-4-5-18-17(11-23)20(24)30(29-18)16-8-6-15(22)7-9-16;/h6-9H,4-5,10,12,24H2,1-3H3,(H2,25,26,27);1H. The molecular formula is C21H26FIN8O. The van der Waals surface area contributed by atoms with Crippen LogP contribution < -0.4 is 16.4 Å². The molecule has 11 heteroatoms. The third-order valence-electron chi connectivity index (χ3n) is 4.76. The van der Waals surface area contributed by atoms with E-state index in [4.69, 9.17) is 10.2 Å². The number of anilines is 1. The molecule has 2 aromatic heterocycles. The van der Waals surface area contributed by atoms with Gasteiger partial charge in [0.05, 0.1) is 23.6 Å². The highest BCUT2D eigenvalue weighted by Gasteiger charge is 2.16. The highest BCUT2D eigenvalue weighted by molar-refractivity contribution is 14.0. The van der Waals surface area contributed by atoms with Crippen LogP contribution >= 0.6 is 24.0 Å². The lowest BCUT2D eigenvalue weighted by atomic mass is 10.1. The van der Waals surface area contributed by atoms with Crippen LogP contribution in [0, 0.1) is 31.0 Å². The van der Waals surface area contributed by atoms with Crippen LogP contribution in [0.4, 0.5) is 10.2 Å². The Labute approximate surface area is 202 Å². The van der Waals surface area contributed by atoms with Gasteiger partial charge in [-0.25, -0.2) is 14.1 Å². The van der Waals surface area contributed by atoms with Crippen LogP contribution in [0.3, 0.4) is 0 Å². The Bertz CT molecular complexity index is 1090. The van der Waals surface area contributed by atoms with Gasteiger partial charge < -0.3 is 20.8 Å². The minimum Gasteiger partial charge on any atom is -0.444 e. The lowest BCUT2D eigenvalue weighted by molar-refractivity contribution is 0.463. The molecule has 0 spiro atoms. The number of nitrogens with two attached hydrogens (primary N) is 1. The summed E-state index contributed by atoms with van der Waals surface area (Å²) in [5.41, 5.74) is 8.49. The highest BCUT2D eigenvalue weighted by Crippen LogP contribution is 2.21. The molecule has 0 amide bonds. The van der Waals surface area contributed by atoms with Crippen molar-refractivity contribution in [2.45, 2.75) is 33.2 Å². The fourth-order valence-corrected chi connectivity index (χ4v) is 3.01. The number of oxazole rings is 1. The molecule has 0 unspecified atom stereocenters. The number of aromatic nitrogens is 3. The smallest absolute Gasteiger partial charge is 0.214 e. The van der Waals surface area contributed by atoms with Crippen LogP contribution in [0.2, 0.25) is 0 Å². The Balaban J connectivity index is 0.00000363. The maximum Gasteiger partial charge on any atom is 0.214 e. The van der Waals surface area contributed by atoms with E-state index >= 15 is 0 Å². The van der Waals surface area contributed by atoms with Crippen LogP contribution in [0.15, 0.2) is 33.7 Å². The number of guanidine groups is 1. The van der Waals surface area contributed by atoms with Gasteiger partial charge in [0.1, 0.15) is 29.0 Å². The van der Waals surface area contributed by atoms with E-state index in [2.05, 4.69) is 31.8 Å². The molecule has 32 heavy (non-hydrogen) atoms. The van der Waals surface area contributed by atoms with Gasteiger partial charge in [0, 0.05) is 13.6 Å². The van der Waals surface area contributed by atoms with E-state index in [1.54, 1.807) is 19.2 Å². The van der Waals surface area contributed by atoms with Crippen LogP contribution in [-0.2, 0) is 13.0 Å². The number of hydrogen-bond acceptors (Lipinski definition) is 6. The summed E-state index contributed by atoms with van der Waals surface area (Å²) in [5.74, 6) is 1.90. The van der Waals surface area contributed by atoms with Crippen molar-refractivity contribution < 1.29 is 8.81 Å². The third-order valence-corrected chi connectivity index (χ3v) is 4.76. The number of halogens is 2.